The molecule has 86 valence electrons. The summed E-state index contributed by atoms with van der Waals surface area (Å²) in [5.74, 6) is 0.838. The minimum Gasteiger partial charge on any atom is -0.478 e. The molecule has 1 atom stereocenters. The summed E-state index contributed by atoms with van der Waals surface area (Å²) in [5, 5.41) is 0. The van der Waals surface area contributed by atoms with Crippen LogP contribution in [-0.4, -0.2) is 19.1 Å². The van der Waals surface area contributed by atoms with Gasteiger partial charge >= 0.3 is 0 Å². The third-order valence-electron chi connectivity index (χ3n) is 2.82. The van der Waals surface area contributed by atoms with Crippen LogP contribution in [0.3, 0.4) is 0 Å². The number of ether oxygens (including phenoxy) is 1. The van der Waals surface area contributed by atoms with Crippen molar-refractivity contribution in [2.75, 3.05) is 11.9 Å². The van der Waals surface area contributed by atoms with Crippen LogP contribution < -0.4 is 9.64 Å². The SMILES string of the molecule is CCC1Oc2c(C)cc(Br)cc2N(C)C1=O. The van der Waals surface area contributed by atoms with Crippen molar-refractivity contribution in [3.8, 4) is 5.75 Å². The fourth-order valence-electron chi connectivity index (χ4n) is 1.90. The quantitative estimate of drug-likeness (QED) is 0.793. The van der Waals surface area contributed by atoms with Gasteiger partial charge in [0, 0.05) is 11.5 Å². The Morgan fingerprint density at radius 2 is 2.19 bits per heavy atom. The van der Waals surface area contributed by atoms with E-state index in [2.05, 4.69) is 15.9 Å². The Morgan fingerprint density at radius 1 is 1.50 bits per heavy atom. The molecule has 4 heteroatoms. The maximum Gasteiger partial charge on any atom is 0.267 e. The second kappa shape index (κ2) is 4.09. The van der Waals surface area contributed by atoms with Crippen LogP contribution in [0.5, 0.6) is 5.75 Å². The van der Waals surface area contributed by atoms with E-state index in [1.807, 2.05) is 26.0 Å². The fraction of sp³-hybridized carbons (Fsp3) is 0.417. The molecule has 0 spiro atoms. The van der Waals surface area contributed by atoms with E-state index in [0.29, 0.717) is 6.42 Å². The van der Waals surface area contributed by atoms with Gasteiger partial charge in [-0.15, -0.1) is 0 Å². The number of anilines is 1. The number of amides is 1. The van der Waals surface area contributed by atoms with Gasteiger partial charge in [0.15, 0.2) is 6.10 Å². The molecular weight excluding hydrogens is 270 g/mol. The third-order valence-corrected chi connectivity index (χ3v) is 3.28. The minimum atomic E-state index is -0.350. The van der Waals surface area contributed by atoms with Crippen LogP contribution in [0.15, 0.2) is 16.6 Å². The molecule has 0 fully saturated rings. The topological polar surface area (TPSA) is 29.5 Å². The second-order valence-electron chi connectivity index (χ2n) is 3.98. The monoisotopic (exact) mass is 283 g/mol. The van der Waals surface area contributed by atoms with Gasteiger partial charge in [-0.2, -0.15) is 0 Å². The zero-order valence-corrected chi connectivity index (χ0v) is 11.2. The highest BCUT2D eigenvalue weighted by molar-refractivity contribution is 9.10. The number of carbonyl (C=O) groups excluding carboxylic acids is 1. The number of benzene rings is 1. The highest BCUT2D eigenvalue weighted by Crippen LogP contribution is 2.38. The third kappa shape index (κ3) is 1.71. The lowest BCUT2D eigenvalue weighted by molar-refractivity contribution is -0.126. The Kier molecular flexibility index (Phi) is 2.93. The summed E-state index contributed by atoms with van der Waals surface area (Å²) >= 11 is 3.43. The van der Waals surface area contributed by atoms with E-state index in [9.17, 15) is 4.79 Å². The summed E-state index contributed by atoms with van der Waals surface area (Å²) in [6, 6.07) is 3.90. The molecule has 0 radical (unpaired) electrons. The number of hydrogen-bond acceptors (Lipinski definition) is 2. The molecule has 0 saturated carbocycles. The first kappa shape index (κ1) is 11.5. The van der Waals surface area contributed by atoms with Crippen LogP contribution in [-0.2, 0) is 4.79 Å². The van der Waals surface area contributed by atoms with E-state index in [1.165, 1.54) is 0 Å². The molecule has 1 unspecified atom stereocenters. The highest BCUT2D eigenvalue weighted by atomic mass is 79.9. The lowest BCUT2D eigenvalue weighted by Crippen LogP contribution is -2.43. The van der Waals surface area contributed by atoms with E-state index in [0.717, 1.165) is 21.5 Å². The van der Waals surface area contributed by atoms with Gasteiger partial charge in [0.2, 0.25) is 0 Å². The Bertz CT molecular complexity index is 445. The van der Waals surface area contributed by atoms with Gasteiger partial charge in [-0.1, -0.05) is 22.9 Å². The zero-order valence-electron chi connectivity index (χ0n) is 9.58. The Hall–Kier alpha value is -1.03. The molecule has 0 aromatic heterocycles. The highest BCUT2D eigenvalue weighted by Gasteiger charge is 2.31. The molecular formula is C12H14BrNO2. The number of hydrogen-bond donors (Lipinski definition) is 0. The summed E-state index contributed by atoms with van der Waals surface area (Å²) in [4.78, 5) is 13.6. The predicted molar refractivity (Wildman–Crippen MR) is 67.0 cm³/mol. The molecule has 2 rings (SSSR count). The largest absolute Gasteiger partial charge is 0.478 e. The summed E-state index contributed by atoms with van der Waals surface area (Å²) in [7, 11) is 1.79. The zero-order chi connectivity index (χ0) is 11.9. The van der Waals surface area contributed by atoms with Gasteiger partial charge in [0.1, 0.15) is 5.75 Å². The lowest BCUT2D eigenvalue weighted by Gasteiger charge is -2.32. The van der Waals surface area contributed by atoms with Crippen LogP contribution >= 0.6 is 15.9 Å². The van der Waals surface area contributed by atoms with E-state index >= 15 is 0 Å². The Balaban J connectivity index is 2.54. The smallest absolute Gasteiger partial charge is 0.267 e. The van der Waals surface area contributed by atoms with Gasteiger partial charge in [-0.05, 0) is 31.0 Å². The number of carbonyl (C=O) groups is 1. The number of rotatable bonds is 1. The van der Waals surface area contributed by atoms with Gasteiger partial charge in [-0.3, -0.25) is 4.79 Å². The van der Waals surface area contributed by atoms with Crippen molar-refractivity contribution >= 4 is 27.5 Å². The van der Waals surface area contributed by atoms with E-state index in [1.54, 1.807) is 11.9 Å². The average molecular weight is 284 g/mol. The first-order valence-electron chi connectivity index (χ1n) is 5.29. The number of fused-ring (bicyclic) bond motifs is 1. The maximum absolute atomic E-state index is 11.9. The van der Waals surface area contributed by atoms with Crippen LogP contribution in [0.1, 0.15) is 18.9 Å². The molecule has 1 aliphatic heterocycles. The van der Waals surface area contributed by atoms with Gasteiger partial charge in [0.25, 0.3) is 5.91 Å². The van der Waals surface area contributed by atoms with Crippen molar-refractivity contribution in [1.29, 1.82) is 0 Å². The van der Waals surface area contributed by atoms with Gasteiger partial charge in [0.05, 0.1) is 5.69 Å². The molecule has 1 aliphatic rings. The van der Waals surface area contributed by atoms with Gasteiger partial charge < -0.3 is 9.64 Å². The molecule has 1 aromatic rings. The number of halogens is 1. The standard InChI is InChI=1S/C12H14BrNO2/c1-4-10-12(15)14(3)9-6-8(13)5-7(2)11(9)16-10/h5-6,10H,4H2,1-3H3. The first-order chi connectivity index (χ1) is 7.54. The molecule has 0 N–H and O–H groups in total. The van der Waals surface area contributed by atoms with Crippen molar-refractivity contribution in [3.63, 3.8) is 0 Å². The Morgan fingerprint density at radius 3 is 2.81 bits per heavy atom. The normalized spacial score (nSPS) is 19.4. The van der Waals surface area contributed by atoms with Crippen molar-refractivity contribution in [2.24, 2.45) is 0 Å². The average Bonchev–Trinajstić information content (AvgIpc) is 2.24. The molecule has 1 heterocycles. The van der Waals surface area contributed by atoms with Crippen LogP contribution in [0.4, 0.5) is 5.69 Å². The molecule has 3 nitrogen and oxygen atoms in total. The molecule has 0 saturated heterocycles. The van der Waals surface area contributed by atoms with Crippen molar-refractivity contribution < 1.29 is 9.53 Å². The molecule has 1 amide bonds. The van der Waals surface area contributed by atoms with Crippen molar-refractivity contribution in [2.45, 2.75) is 26.4 Å². The maximum atomic E-state index is 11.9. The summed E-state index contributed by atoms with van der Waals surface area (Å²) in [6.45, 7) is 3.94. The summed E-state index contributed by atoms with van der Waals surface area (Å²) in [5.41, 5.74) is 1.88. The molecule has 16 heavy (non-hydrogen) atoms. The predicted octanol–water partition coefficient (Wildman–Crippen LogP) is 2.89. The van der Waals surface area contributed by atoms with E-state index in [4.69, 9.17) is 4.74 Å². The number of aryl methyl sites for hydroxylation is 1. The number of nitrogens with zero attached hydrogens (tertiary/aromatic N) is 1. The molecule has 0 aliphatic carbocycles. The lowest BCUT2D eigenvalue weighted by atomic mass is 10.1. The Labute approximate surface area is 104 Å². The molecule has 0 bridgehead atoms. The van der Waals surface area contributed by atoms with Crippen LogP contribution in [0, 0.1) is 6.92 Å². The van der Waals surface area contributed by atoms with Crippen LogP contribution in [0.2, 0.25) is 0 Å². The van der Waals surface area contributed by atoms with Crippen molar-refractivity contribution in [3.05, 3.63) is 22.2 Å². The fourth-order valence-corrected chi connectivity index (χ4v) is 2.46. The minimum absolute atomic E-state index is 0.0208. The van der Waals surface area contributed by atoms with E-state index < -0.39 is 0 Å². The van der Waals surface area contributed by atoms with Crippen molar-refractivity contribution in [1.82, 2.24) is 0 Å². The summed E-state index contributed by atoms with van der Waals surface area (Å²) in [6.07, 6.45) is 0.343. The number of likely N-dealkylation sites (N-methyl/N-ethyl adjacent to an activating group) is 1. The summed E-state index contributed by atoms with van der Waals surface area (Å²) < 4.78 is 6.70. The van der Waals surface area contributed by atoms with E-state index in [-0.39, 0.29) is 12.0 Å². The van der Waals surface area contributed by atoms with Gasteiger partial charge in [-0.25, -0.2) is 0 Å². The first-order valence-corrected chi connectivity index (χ1v) is 6.08. The second-order valence-corrected chi connectivity index (χ2v) is 4.90. The molecule has 1 aromatic carbocycles. The van der Waals surface area contributed by atoms with Crippen LogP contribution in [0.25, 0.3) is 0 Å².